The van der Waals surface area contributed by atoms with Crippen molar-refractivity contribution in [2.45, 2.75) is 31.9 Å². The third-order valence-corrected chi connectivity index (χ3v) is 3.59. The molecule has 1 saturated carbocycles. The van der Waals surface area contributed by atoms with Crippen LogP contribution in [0.2, 0.25) is 0 Å². The van der Waals surface area contributed by atoms with Gasteiger partial charge in [-0.1, -0.05) is 24.3 Å². The van der Waals surface area contributed by atoms with Crippen molar-refractivity contribution in [1.82, 2.24) is 0 Å². The molecule has 0 aliphatic heterocycles. The van der Waals surface area contributed by atoms with E-state index in [0.29, 0.717) is 11.7 Å². The summed E-state index contributed by atoms with van der Waals surface area (Å²) in [5.41, 5.74) is 8.78. The average molecular weight is 271 g/mol. The quantitative estimate of drug-likeness (QED) is 0.919. The first-order valence-electron chi connectivity index (χ1n) is 6.92. The van der Waals surface area contributed by atoms with Crippen molar-refractivity contribution in [2.24, 2.45) is 5.73 Å². The zero-order valence-corrected chi connectivity index (χ0v) is 11.5. The zero-order valence-electron chi connectivity index (χ0n) is 11.5. The molecule has 1 aliphatic rings. The Morgan fingerprint density at radius 2 is 1.90 bits per heavy atom. The molecule has 1 unspecified atom stereocenters. The van der Waals surface area contributed by atoms with Crippen LogP contribution in [0.1, 0.15) is 35.6 Å². The smallest absolute Gasteiger partial charge is 0.126 e. The van der Waals surface area contributed by atoms with Crippen LogP contribution in [-0.2, 0) is 0 Å². The van der Waals surface area contributed by atoms with Crippen LogP contribution < -0.4 is 10.5 Å². The maximum absolute atomic E-state index is 13.3. The van der Waals surface area contributed by atoms with E-state index in [-0.39, 0.29) is 11.9 Å². The summed E-state index contributed by atoms with van der Waals surface area (Å²) in [6.07, 6.45) is 2.63. The third-order valence-electron chi connectivity index (χ3n) is 3.59. The van der Waals surface area contributed by atoms with Gasteiger partial charge in [0.2, 0.25) is 0 Å². The van der Waals surface area contributed by atoms with Gasteiger partial charge in [-0.25, -0.2) is 4.39 Å². The average Bonchev–Trinajstić information content (AvgIpc) is 3.25. The van der Waals surface area contributed by atoms with Crippen LogP contribution in [0.25, 0.3) is 0 Å². The highest BCUT2D eigenvalue weighted by molar-refractivity contribution is 5.38. The molecule has 2 aromatic carbocycles. The van der Waals surface area contributed by atoms with Gasteiger partial charge in [0.25, 0.3) is 0 Å². The van der Waals surface area contributed by atoms with Gasteiger partial charge in [0, 0.05) is 0 Å². The molecule has 2 nitrogen and oxygen atoms in total. The number of aryl methyl sites for hydroxylation is 1. The number of halogens is 1. The van der Waals surface area contributed by atoms with Crippen LogP contribution in [-0.4, -0.2) is 6.10 Å². The minimum absolute atomic E-state index is 0.202. The SMILES string of the molecule is Cc1cc(C(N)c2cccc(OC3CC3)c2)ccc1F. The molecule has 3 rings (SSSR count). The highest BCUT2D eigenvalue weighted by atomic mass is 19.1. The molecule has 2 aromatic rings. The lowest BCUT2D eigenvalue weighted by Crippen LogP contribution is -2.12. The van der Waals surface area contributed by atoms with Crippen LogP contribution >= 0.6 is 0 Å². The molecule has 1 atom stereocenters. The van der Waals surface area contributed by atoms with Crippen LogP contribution in [0, 0.1) is 12.7 Å². The summed E-state index contributed by atoms with van der Waals surface area (Å²) in [7, 11) is 0. The van der Waals surface area contributed by atoms with E-state index in [0.717, 1.165) is 29.7 Å². The van der Waals surface area contributed by atoms with Gasteiger partial charge in [-0.15, -0.1) is 0 Å². The molecule has 1 fully saturated rings. The second-order valence-corrected chi connectivity index (χ2v) is 5.38. The van der Waals surface area contributed by atoms with E-state index in [1.807, 2.05) is 24.3 Å². The fourth-order valence-electron chi connectivity index (χ4n) is 2.21. The first-order valence-corrected chi connectivity index (χ1v) is 6.92. The first kappa shape index (κ1) is 13.1. The summed E-state index contributed by atoms with van der Waals surface area (Å²) in [6, 6.07) is 12.6. The van der Waals surface area contributed by atoms with Crippen molar-refractivity contribution in [3.05, 3.63) is 65.0 Å². The second-order valence-electron chi connectivity index (χ2n) is 5.38. The summed E-state index contributed by atoms with van der Waals surface area (Å²) in [5, 5.41) is 0. The molecule has 0 amide bonds. The predicted molar refractivity (Wildman–Crippen MR) is 77.3 cm³/mol. The molecule has 2 N–H and O–H groups in total. The van der Waals surface area contributed by atoms with Crippen molar-refractivity contribution < 1.29 is 9.13 Å². The van der Waals surface area contributed by atoms with Gasteiger partial charge < -0.3 is 10.5 Å². The summed E-state index contributed by atoms with van der Waals surface area (Å²) in [6.45, 7) is 1.75. The predicted octanol–water partition coefficient (Wildman–Crippen LogP) is 3.72. The number of hydrogen-bond donors (Lipinski definition) is 1. The third kappa shape index (κ3) is 2.83. The molecule has 0 bridgehead atoms. The Morgan fingerprint density at radius 1 is 1.15 bits per heavy atom. The van der Waals surface area contributed by atoms with Gasteiger partial charge in [0.15, 0.2) is 0 Å². The van der Waals surface area contributed by atoms with Crippen LogP contribution in [0.15, 0.2) is 42.5 Å². The Morgan fingerprint density at radius 3 is 2.60 bits per heavy atom. The Labute approximate surface area is 118 Å². The molecular weight excluding hydrogens is 253 g/mol. The summed E-state index contributed by atoms with van der Waals surface area (Å²) in [5.74, 6) is 0.658. The van der Waals surface area contributed by atoms with E-state index >= 15 is 0 Å². The summed E-state index contributed by atoms with van der Waals surface area (Å²) >= 11 is 0. The molecular formula is C17H18FNO. The van der Waals surface area contributed by atoms with Crippen LogP contribution in [0.5, 0.6) is 5.75 Å². The van der Waals surface area contributed by atoms with E-state index in [9.17, 15) is 4.39 Å². The Balaban J connectivity index is 1.84. The monoisotopic (exact) mass is 271 g/mol. The molecule has 0 radical (unpaired) electrons. The van der Waals surface area contributed by atoms with Gasteiger partial charge in [-0.05, 0) is 54.7 Å². The molecule has 0 spiro atoms. The Bertz CT molecular complexity index is 622. The number of nitrogens with two attached hydrogens (primary N) is 1. The maximum atomic E-state index is 13.3. The van der Waals surface area contributed by atoms with E-state index in [4.69, 9.17) is 10.5 Å². The molecule has 104 valence electrons. The lowest BCUT2D eigenvalue weighted by Gasteiger charge is -2.15. The van der Waals surface area contributed by atoms with Crippen molar-refractivity contribution in [2.75, 3.05) is 0 Å². The number of hydrogen-bond acceptors (Lipinski definition) is 2. The summed E-state index contributed by atoms with van der Waals surface area (Å²) < 4.78 is 19.1. The van der Waals surface area contributed by atoms with Crippen LogP contribution in [0.3, 0.4) is 0 Å². The Kier molecular flexibility index (Phi) is 3.45. The minimum atomic E-state index is -0.267. The largest absolute Gasteiger partial charge is 0.490 e. The highest BCUT2D eigenvalue weighted by Gasteiger charge is 2.23. The Hall–Kier alpha value is -1.87. The standard InChI is InChI=1S/C17H18FNO/c1-11-9-13(5-8-16(11)18)17(19)12-3-2-4-15(10-12)20-14-6-7-14/h2-5,8-10,14,17H,6-7,19H2,1H3. The van der Waals surface area contributed by atoms with Gasteiger partial charge in [0.1, 0.15) is 11.6 Å². The van der Waals surface area contributed by atoms with Gasteiger partial charge in [-0.2, -0.15) is 0 Å². The first-order chi connectivity index (χ1) is 9.63. The summed E-state index contributed by atoms with van der Waals surface area (Å²) in [4.78, 5) is 0. The van der Waals surface area contributed by atoms with E-state index in [1.165, 1.54) is 6.07 Å². The number of rotatable bonds is 4. The lowest BCUT2D eigenvalue weighted by molar-refractivity contribution is 0.303. The van der Waals surface area contributed by atoms with E-state index < -0.39 is 0 Å². The molecule has 20 heavy (non-hydrogen) atoms. The fraction of sp³-hybridized carbons (Fsp3) is 0.294. The topological polar surface area (TPSA) is 35.2 Å². The second kappa shape index (κ2) is 5.25. The molecule has 0 aromatic heterocycles. The molecule has 3 heteroatoms. The molecule has 0 heterocycles. The zero-order chi connectivity index (χ0) is 14.1. The highest BCUT2D eigenvalue weighted by Crippen LogP contribution is 2.29. The fourth-order valence-corrected chi connectivity index (χ4v) is 2.21. The van der Waals surface area contributed by atoms with Crippen molar-refractivity contribution in [1.29, 1.82) is 0 Å². The van der Waals surface area contributed by atoms with Crippen molar-refractivity contribution >= 4 is 0 Å². The van der Waals surface area contributed by atoms with Crippen LogP contribution in [0.4, 0.5) is 4.39 Å². The van der Waals surface area contributed by atoms with E-state index in [1.54, 1.807) is 19.1 Å². The van der Waals surface area contributed by atoms with Gasteiger partial charge in [-0.3, -0.25) is 0 Å². The van der Waals surface area contributed by atoms with Gasteiger partial charge >= 0.3 is 0 Å². The lowest BCUT2D eigenvalue weighted by atomic mass is 9.98. The number of benzene rings is 2. The van der Waals surface area contributed by atoms with Crippen molar-refractivity contribution in [3.8, 4) is 5.75 Å². The van der Waals surface area contributed by atoms with Crippen molar-refractivity contribution in [3.63, 3.8) is 0 Å². The molecule has 0 saturated heterocycles. The normalized spacial score (nSPS) is 15.9. The maximum Gasteiger partial charge on any atom is 0.126 e. The minimum Gasteiger partial charge on any atom is -0.490 e. The van der Waals surface area contributed by atoms with E-state index in [2.05, 4.69) is 0 Å². The van der Waals surface area contributed by atoms with Gasteiger partial charge in [0.05, 0.1) is 12.1 Å². The number of ether oxygens (including phenoxy) is 1. The molecule has 1 aliphatic carbocycles.